The third-order valence-corrected chi connectivity index (χ3v) is 2.85. The Hall–Kier alpha value is -1.24. The second kappa shape index (κ2) is 5.63. The van der Waals surface area contributed by atoms with E-state index in [-0.39, 0.29) is 22.0 Å². The molecule has 1 aromatic rings. The highest BCUT2D eigenvalue weighted by Gasteiger charge is 2.35. The second-order valence-corrected chi connectivity index (χ2v) is 6.62. The molecule has 0 aliphatic heterocycles. The van der Waals surface area contributed by atoms with Gasteiger partial charge in [0.15, 0.2) is 0 Å². The van der Waals surface area contributed by atoms with E-state index in [2.05, 4.69) is 21.2 Å². The lowest BCUT2D eigenvalue weighted by molar-refractivity contribution is -0.137. The zero-order valence-corrected chi connectivity index (χ0v) is 12.9. The van der Waals surface area contributed by atoms with Crippen molar-refractivity contribution in [3.63, 3.8) is 0 Å². The number of nitrogens with two attached hydrogens (primary N) is 1. The van der Waals surface area contributed by atoms with Crippen LogP contribution >= 0.6 is 15.9 Å². The van der Waals surface area contributed by atoms with Gasteiger partial charge in [0.25, 0.3) is 0 Å². The Morgan fingerprint density at radius 2 is 1.85 bits per heavy atom. The Morgan fingerprint density at radius 3 is 2.30 bits per heavy atom. The first kappa shape index (κ1) is 16.8. The largest absolute Gasteiger partial charge is 0.418 e. The molecule has 0 heterocycles. The van der Waals surface area contributed by atoms with Gasteiger partial charge in [0.2, 0.25) is 5.91 Å². The number of halogens is 4. The van der Waals surface area contributed by atoms with Crippen LogP contribution in [0, 0.1) is 5.41 Å². The minimum absolute atomic E-state index is 0.0970. The number of anilines is 2. The molecule has 0 spiro atoms. The molecular weight excluding hydrogens is 337 g/mol. The summed E-state index contributed by atoms with van der Waals surface area (Å²) in [5.41, 5.74) is 3.77. The standard InChI is InChI=1S/C13H16BrF3N2O/c1-12(2,3)6-10(20)19-11-8(13(15,16)17)4-7(14)5-9(11)18/h4-5H,6,18H2,1-3H3,(H,19,20). The summed E-state index contributed by atoms with van der Waals surface area (Å²) in [7, 11) is 0. The average Bonchev–Trinajstić information content (AvgIpc) is 2.17. The van der Waals surface area contributed by atoms with Gasteiger partial charge in [-0.2, -0.15) is 13.2 Å². The monoisotopic (exact) mass is 352 g/mol. The Balaban J connectivity index is 3.15. The smallest absolute Gasteiger partial charge is 0.397 e. The van der Waals surface area contributed by atoms with E-state index in [0.717, 1.165) is 6.07 Å². The van der Waals surface area contributed by atoms with E-state index in [1.807, 2.05) is 20.8 Å². The molecule has 1 amide bonds. The molecule has 0 saturated heterocycles. The van der Waals surface area contributed by atoms with Crippen molar-refractivity contribution in [3.05, 3.63) is 22.2 Å². The van der Waals surface area contributed by atoms with Crippen molar-refractivity contribution in [2.75, 3.05) is 11.1 Å². The molecule has 0 aliphatic carbocycles. The molecule has 112 valence electrons. The topological polar surface area (TPSA) is 55.1 Å². The first-order chi connectivity index (χ1) is 8.90. The molecule has 20 heavy (non-hydrogen) atoms. The van der Waals surface area contributed by atoms with Crippen LogP contribution in [0.5, 0.6) is 0 Å². The van der Waals surface area contributed by atoms with Gasteiger partial charge in [-0.15, -0.1) is 0 Å². The summed E-state index contributed by atoms with van der Waals surface area (Å²) < 4.78 is 39.1. The summed E-state index contributed by atoms with van der Waals surface area (Å²) in [6.45, 7) is 5.46. The fourth-order valence-corrected chi connectivity index (χ4v) is 2.13. The third-order valence-electron chi connectivity index (χ3n) is 2.39. The van der Waals surface area contributed by atoms with Crippen molar-refractivity contribution in [1.82, 2.24) is 0 Å². The molecule has 0 bridgehead atoms. The van der Waals surface area contributed by atoms with Gasteiger partial charge >= 0.3 is 6.18 Å². The Bertz CT molecular complexity index is 522. The summed E-state index contributed by atoms with van der Waals surface area (Å²) >= 11 is 2.96. The first-order valence-electron chi connectivity index (χ1n) is 5.86. The molecule has 0 aromatic heterocycles. The molecule has 0 unspecified atom stereocenters. The zero-order chi connectivity index (χ0) is 15.7. The van der Waals surface area contributed by atoms with Crippen LogP contribution < -0.4 is 11.1 Å². The van der Waals surface area contributed by atoms with E-state index in [1.54, 1.807) is 0 Å². The molecule has 3 nitrogen and oxygen atoms in total. The summed E-state index contributed by atoms with van der Waals surface area (Å²) in [4.78, 5) is 11.8. The third kappa shape index (κ3) is 4.70. The van der Waals surface area contributed by atoms with Crippen molar-refractivity contribution in [2.45, 2.75) is 33.4 Å². The van der Waals surface area contributed by atoms with Gasteiger partial charge in [0.05, 0.1) is 16.9 Å². The van der Waals surface area contributed by atoms with E-state index >= 15 is 0 Å². The SMILES string of the molecule is CC(C)(C)CC(=O)Nc1c(N)cc(Br)cc1C(F)(F)F. The molecule has 0 saturated carbocycles. The zero-order valence-electron chi connectivity index (χ0n) is 11.4. The quantitative estimate of drug-likeness (QED) is 0.773. The van der Waals surface area contributed by atoms with Gasteiger partial charge in [-0.3, -0.25) is 4.79 Å². The fraction of sp³-hybridized carbons (Fsp3) is 0.462. The van der Waals surface area contributed by atoms with E-state index < -0.39 is 23.3 Å². The van der Waals surface area contributed by atoms with Crippen LogP contribution in [-0.4, -0.2) is 5.91 Å². The normalized spacial score (nSPS) is 12.3. The predicted molar refractivity (Wildman–Crippen MR) is 76.3 cm³/mol. The second-order valence-electron chi connectivity index (χ2n) is 5.70. The molecule has 1 aromatic carbocycles. The number of nitrogen functional groups attached to an aromatic ring is 1. The van der Waals surface area contributed by atoms with E-state index in [0.29, 0.717) is 0 Å². The van der Waals surface area contributed by atoms with Crippen LogP contribution in [0.25, 0.3) is 0 Å². The number of benzene rings is 1. The number of carbonyl (C=O) groups is 1. The molecule has 7 heteroatoms. The molecule has 0 atom stereocenters. The lowest BCUT2D eigenvalue weighted by Crippen LogP contribution is -2.22. The van der Waals surface area contributed by atoms with Crippen LogP contribution in [0.15, 0.2) is 16.6 Å². The van der Waals surface area contributed by atoms with Crippen molar-refractivity contribution < 1.29 is 18.0 Å². The van der Waals surface area contributed by atoms with Gasteiger partial charge in [0.1, 0.15) is 0 Å². The van der Waals surface area contributed by atoms with Gasteiger partial charge in [-0.25, -0.2) is 0 Å². The Morgan fingerprint density at radius 1 is 1.30 bits per heavy atom. The van der Waals surface area contributed by atoms with Crippen LogP contribution in [0.2, 0.25) is 0 Å². The summed E-state index contributed by atoms with van der Waals surface area (Å²) in [5, 5.41) is 2.26. The molecular formula is C13H16BrF3N2O. The molecule has 1 rings (SSSR count). The van der Waals surface area contributed by atoms with Crippen LogP contribution in [0.1, 0.15) is 32.8 Å². The lowest BCUT2D eigenvalue weighted by atomic mass is 9.92. The maximum absolute atomic E-state index is 13.0. The van der Waals surface area contributed by atoms with Gasteiger partial charge in [0, 0.05) is 10.9 Å². The van der Waals surface area contributed by atoms with Crippen molar-refractivity contribution in [2.24, 2.45) is 5.41 Å². The van der Waals surface area contributed by atoms with E-state index in [4.69, 9.17) is 5.73 Å². The maximum Gasteiger partial charge on any atom is 0.418 e. The van der Waals surface area contributed by atoms with Gasteiger partial charge in [-0.1, -0.05) is 36.7 Å². The number of rotatable bonds is 2. The number of amides is 1. The lowest BCUT2D eigenvalue weighted by Gasteiger charge is -2.20. The highest BCUT2D eigenvalue weighted by molar-refractivity contribution is 9.10. The Kier molecular flexibility index (Phi) is 4.74. The number of hydrogen-bond acceptors (Lipinski definition) is 2. The predicted octanol–water partition coefficient (Wildman–Crippen LogP) is 4.42. The molecule has 0 radical (unpaired) electrons. The Labute approximate surface area is 123 Å². The van der Waals surface area contributed by atoms with Crippen molar-refractivity contribution in [1.29, 1.82) is 0 Å². The highest BCUT2D eigenvalue weighted by Crippen LogP contribution is 2.40. The molecule has 0 fully saturated rings. The summed E-state index contributed by atoms with van der Waals surface area (Å²) in [6, 6.07) is 2.21. The van der Waals surface area contributed by atoms with Gasteiger partial charge < -0.3 is 11.1 Å². The number of carbonyl (C=O) groups excluding carboxylic acids is 1. The molecule has 0 aliphatic rings. The number of nitrogens with one attached hydrogen (secondary N) is 1. The van der Waals surface area contributed by atoms with Crippen molar-refractivity contribution >= 4 is 33.2 Å². The molecule has 3 N–H and O–H groups in total. The highest BCUT2D eigenvalue weighted by atomic mass is 79.9. The van der Waals surface area contributed by atoms with Crippen LogP contribution in [0.4, 0.5) is 24.5 Å². The number of alkyl halides is 3. The van der Waals surface area contributed by atoms with E-state index in [9.17, 15) is 18.0 Å². The van der Waals surface area contributed by atoms with Gasteiger partial charge in [-0.05, 0) is 17.5 Å². The fourth-order valence-electron chi connectivity index (χ4n) is 1.66. The minimum Gasteiger partial charge on any atom is -0.397 e. The first-order valence-corrected chi connectivity index (χ1v) is 6.65. The van der Waals surface area contributed by atoms with Crippen LogP contribution in [-0.2, 0) is 11.0 Å². The minimum atomic E-state index is -4.59. The maximum atomic E-state index is 13.0. The van der Waals surface area contributed by atoms with Crippen molar-refractivity contribution in [3.8, 4) is 0 Å². The summed E-state index contributed by atoms with van der Waals surface area (Å²) in [5.74, 6) is -0.503. The average molecular weight is 353 g/mol. The van der Waals surface area contributed by atoms with E-state index in [1.165, 1.54) is 6.07 Å². The van der Waals surface area contributed by atoms with Crippen LogP contribution in [0.3, 0.4) is 0 Å². The summed E-state index contributed by atoms with van der Waals surface area (Å²) in [6.07, 6.45) is -4.50. The number of hydrogen-bond donors (Lipinski definition) is 2.